The third kappa shape index (κ3) is 4.82. The summed E-state index contributed by atoms with van der Waals surface area (Å²) in [5.41, 5.74) is 3.17. The summed E-state index contributed by atoms with van der Waals surface area (Å²) < 4.78 is 10.9. The number of nitrogens with one attached hydrogen (secondary N) is 1. The number of amides is 2. The zero-order valence-corrected chi connectivity index (χ0v) is 16.9. The van der Waals surface area contributed by atoms with Crippen LogP contribution in [-0.4, -0.2) is 36.0 Å². The van der Waals surface area contributed by atoms with E-state index in [1.807, 2.05) is 13.8 Å². The normalized spacial score (nSPS) is 10.5. The van der Waals surface area contributed by atoms with Crippen LogP contribution in [0.5, 0.6) is 5.75 Å². The summed E-state index contributed by atoms with van der Waals surface area (Å²) >= 11 is 0. The molecule has 0 atom stereocenters. The third-order valence-corrected chi connectivity index (χ3v) is 4.43. The zero-order chi connectivity index (χ0) is 21.0. The van der Waals surface area contributed by atoms with E-state index in [1.54, 1.807) is 62.6 Å². The topological polar surface area (TPSA) is 84.7 Å². The van der Waals surface area contributed by atoms with Gasteiger partial charge in [-0.05, 0) is 50.2 Å². The second kappa shape index (κ2) is 8.60. The molecule has 7 nitrogen and oxygen atoms in total. The van der Waals surface area contributed by atoms with E-state index in [9.17, 15) is 9.59 Å². The predicted octanol–water partition coefficient (Wildman–Crippen LogP) is 3.82. The summed E-state index contributed by atoms with van der Waals surface area (Å²) in [7, 11) is 3.36. The molecule has 0 radical (unpaired) electrons. The lowest BCUT2D eigenvalue weighted by atomic mass is 10.1. The summed E-state index contributed by atoms with van der Waals surface area (Å²) in [6.45, 7) is 3.99. The summed E-state index contributed by atoms with van der Waals surface area (Å²) in [6.07, 6.45) is 0. The van der Waals surface area contributed by atoms with Crippen molar-refractivity contribution in [3.05, 3.63) is 76.7 Å². The summed E-state index contributed by atoms with van der Waals surface area (Å²) in [5.74, 6) is 0.857. The molecule has 150 valence electrons. The van der Waals surface area contributed by atoms with Crippen LogP contribution >= 0.6 is 0 Å². The highest BCUT2D eigenvalue weighted by molar-refractivity contribution is 6.05. The van der Waals surface area contributed by atoms with E-state index in [2.05, 4.69) is 10.5 Å². The van der Waals surface area contributed by atoms with Crippen molar-refractivity contribution in [1.29, 1.82) is 0 Å². The first-order chi connectivity index (χ1) is 13.8. The Labute approximate surface area is 169 Å². The molecule has 7 heteroatoms. The molecule has 0 saturated carbocycles. The molecule has 29 heavy (non-hydrogen) atoms. The maximum atomic E-state index is 12.6. The Bertz CT molecular complexity index is 1020. The van der Waals surface area contributed by atoms with Gasteiger partial charge in [0, 0.05) is 30.9 Å². The summed E-state index contributed by atoms with van der Waals surface area (Å²) in [6, 6.07) is 13.7. The molecule has 2 aromatic carbocycles. The molecule has 1 N–H and O–H groups in total. The molecule has 0 fully saturated rings. The van der Waals surface area contributed by atoms with Gasteiger partial charge in [0.2, 0.25) is 0 Å². The van der Waals surface area contributed by atoms with E-state index < -0.39 is 0 Å². The van der Waals surface area contributed by atoms with Gasteiger partial charge in [-0.25, -0.2) is 0 Å². The molecule has 0 aliphatic heterocycles. The van der Waals surface area contributed by atoms with Gasteiger partial charge >= 0.3 is 0 Å². The highest BCUT2D eigenvalue weighted by Crippen LogP contribution is 2.20. The molecule has 0 aliphatic carbocycles. The second-order valence-electron chi connectivity index (χ2n) is 6.85. The van der Waals surface area contributed by atoms with Crippen LogP contribution in [0.4, 0.5) is 5.69 Å². The van der Waals surface area contributed by atoms with Gasteiger partial charge in [-0.2, -0.15) is 0 Å². The number of nitrogens with zero attached hydrogens (tertiary/aromatic N) is 2. The standard InChI is InChI=1S/C22H23N3O4/c1-14-20(15(2)29-24-14)13-28-19-10-6-7-16(12-19)21(26)23-18-9-5-8-17(11-18)22(27)25(3)4/h5-12H,13H2,1-4H3,(H,23,26). The van der Waals surface area contributed by atoms with E-state index in [1.165, 1.54) is 4.90 Å². The van der Waals surface area contributed by atoms with E-state index >= 15 is 0 Å². The number of carbonyl (C=O) groups excluding carboxylic acids is 2. The lowest BCUT2D eigenvalue weighted by Crippen LogP contribution is -2.22. The van der Waals surface area contributed by atoms with Crippen molar-refractivity contribution in [2.75, 3.05) is 19.4 Å². The third-order valence-electron chi connectivity index (χ3n) is 4.43. The first kappa shape index (κ1) is 20.1. The van der Waals surface area contributed by atoms with Gasteiger partial charge in [0.05, 0.1) is 11.3 Å². The van der Waals surface area contributed by atoms with Crippen molar-refractivity contribution in [1.82, 2.24) is 10.1 Å². The molecular weight excluding hydrogens is 370 g/mol. The van der Waals surface area contributed by atoms with E-state index in [4.69, 9.17) is 9.26 Å². The smallest absolute Gasteiger partial charge is 0.255 e. The van der Waals surface area contributed by atoms with E-state index in [0.29, 0.717) is 34.9 Å². The zero-order valence-electron chi connectivity index (χ0n) is 16.9. The average Bonchev–Trinajstić information content (AvgIpc) is 3.03. The van der Waals surface area contributed by atoms with Crippen molar-refractivity contribution in [2.45, 2.75) is 20.5 Å². The maximum absolute atomic E-state index is 12.6. The Morgan fingerprint density at radius 3 is 2.48 bits per heavy atom. The molecule has 0 saturated heterocycles. The number of benzene rings is 2. The first-order valence-electron chi connectivity index (χ1n) is 9.13. The SMILES string of the molecule is Cc1noc(C)c1COc1cccc(C(=O)Nc2cccc(C(=O)N(C)C)c2)c1. The number of aromatic nitrogens is 1. The number of rotatable bonds is 6. The van der Waals surface area contributed by atoms with Crippen LogP contribution in [0.15, 0.2) is 53.1 Å². The monoisotopic (exact) mass is 393 g/mol. The number of hydrogen-bond donors (Lipinski definition) is 1. The molecule has 2 amide bonds. The van der Waals surface area contributed by atoms with Crippen LogP contribution in [0.1, 0.15) is 37.7 Å². The quantitative estimate of drug-likeness (QED) is 0.688. The highest BCUT2D eigenvalue weighted by atomic mass is 16.5. The minimum Gasteiger partial charge on any atom is -0.489 e. The molecular formula is C22H23N3O4. The fraction of sp³-hybridized carbons (Fsp3) is 0.227. The lowest BCUT2D eigenvalue weighted by Gasteiger charge is -2.12. The Morgan fingerprint density at radius 1 is 1.07 bits per heavy atom. The first-order valence-corrected chi connectivity index (χ1v) is 9.13. The van der Waals surface area contributed by atoms with Crippen molar-refractivity contribution >= 4 is 17.5 Å². The molecule has 0 bridgehead atoms. The largest absolute Gasteiger partial charge is 0.489 e. The number of ether oxygens (including phenoxy) is 1. The van der Waals surface area contributed by atoms with Crippen LogP contribution < -0.4 is 10.1 Å². The van der Waals surface area contributed by atoms with Crippen LogP contribution in [0.2, 0.25) is 0 Å². The number of anilines is 1. The molecule has 3 rings (SSSR count). The fourth-order valence-electron chi connectivity index (χ4n) is 2.78. The van der Waals surface area contributed by atoms with Crippen LogP contribution in [0, 0.1) is 13.8 Å². The Balaban J connectivity index is 1.70. The van der Waals surface area contributed by atoms with Gasteiger partial charge in [-0.3, -0.25) is 9.59 Å². The van der Waals surface area contributed by atoms with Gasteiger partial charge < -0.3 is 19.5 Å². The number of carbonyl (C=O) groups is 2. The van der Waals surface area contributed by atoms with Crippen LogP contribution in [0.25, 0.3) is 0 Å². The molecule has 3 aromatic rings. The van der Waals surface area contributed by atoms with Crippen molar-refractivity contribution in [3.8, 4) is 5.75 Å². The van der Waals surface area contributed by atoms with Gasteiger partial charge in [-0.15, -0.1) is 0 Å². The summed E-state index contributed by atoms with van der Waals surface area (Å²) in [5, 5.41) is 6.72. The average molecular weight is 393 g/mol. The molecule has 0 aliphatic rings. The Kier molecular flexibility index (Phi) is 5.97. The Morgan fingerprint density at radius 2 is 1.79 bits per heavy atom. The van der Waals surface area contributed by atoms with Crippen molar-refractivity contribution < 1.29 is 18.8 Å². The van der Waals surface area contributed by atoms with Gasteiger partial charge in [-0.1, -0.05) is 17.3 Å². The number of aryl methyl sites for hydroxylation is 2. The van der Waals surface area contributed by atoms with Gasteiger partial charge in [0.25, 0.3) is 11.8 Å². The predicted molar refractivity (Wildman–Crippen MR) is 109 cm³/mol. The van der Waals surface area contributed by atoms with Crippen LogP contribution in [0.3, 0.4) is 0 Å². The van der Waals surface area contributed by atoms with Crippen LogP contribution in [-0.2, 0) is 6.61 Å². The fourth-order valence-corrected chi connectivity index (χ4v) is 2.78. The molecule has 0 unspecified atom stereocenters. The number of hydrogen-bond acceptors (Lipinski definition) is 5. The second-order valence-corrected chi connectivity index (χ2v) is 6.85. The van der Waals surface area contributed by atoms with Crippen molar-refractivity contribution in [2.24, 2.45) is 0 Å². The maximum Gasteiger partial charge on any atom is 0.255 e. The molecule has 1 aromatic heterocycles. The van der Waals surface area contributed by atoms with Gasteiger partial charge in [0.15, 0.2) is 0 Å². The van der Waals surface area contributed by atoms with E-state index in [-0.39, 0.29) is 11.8 Å². The van der Waals surface area contributed by atoms with Crippen molar-refractivity contribution in [3.63, 3.8) is 0 Å². The minimum atomic E-state index is -0.290. The van der Waals surface area contributed by atoms with E-state index in [0.717, 1.165) is 11.3 Å². The minimum absolute atomic E-state index is 0.129. The van der Waals surface area contributed by atoms with Gasteiger partial charge in [0.1, 0.15) is 18.1 Å². The summed E-state index contributed by atoms with van der Waals surface area (Å²) in [4.78, 5) is 26.2. The molecule has 0 spiro atoms. The molecule has 1 heterocycles. The Hall–Kier alpha value is -3.61. The lowest BCUT2D eigenvalue weighted by molar-refractivity contribution is 0.0827. The highest BCUT2D eigenvalue weighted by Gasteiger charge is 2.13.